The van der Waals surface area contributed by atoms with Gasteiger partial charge in [0.15, 0.2) is 5.69 Å². The number of alkyl halides is 4. The first-order valence-electron chi connectivity index (χ1n) is 3.73. The van der Waals surface area contributed by atoms with E-state index in [2.05, 4.69) is 10.2 Å². The van der Waals surface area contributed by atoms with Gasteiger partial charge in [0.2, 0.25) is 0 Å². The van der Waals surface area contributed by atoms with Crippen LogP contribution >= 0.6 is 0 Å². The zero-order valence-corrected chi connectivity index (χ0v) is 7.18. The van der Waals surface area contributed by atoms with E-state index in [1.807, 2.05) is 5.21 Å². The highest BCUT2D eigenvalue weighted by Crippen LogP contribution is 2.21. The molecule has 0 spiro atoms. The summed E-state index contributed by atoms with van der Waals surface area (Å²) in [5.41, 5.74) is -0.250. The Labute approximate surface area is 80.9 Å². The van der Waals surface area contributed by atoms with Crippen molar-refractivity contribution in [2.75, 3.05) is 6.54 Å². The van der Waals surface area contributed by atoms with E-state index in [0.29, 0.717) is 0 Å². The number of H-pyrrole nitrogens is 1. The number of aromatic nitrogens is 3. The monoisotopic (exact) mass is 226 g/mol. The molecule has 0 saturated carbocycles. The van der Waals surface area contributed by atoms with Crippen LogP contribution in [0.2, 0.25) is 0 Å². The molecular weight excluding hydrogens is 220 g/mol. The van der Waals surface area contributed by atoms with E-state index >= 15 is 0 Å². The van der Waals surface area contributed by atoms with E-state index in [9.17, 15) is 22.4 Å². The van der Waals surface area contributed by atoms with Crippen LogP contribution in [0.4, 0.5) is 17.6 Å². The Bertz CT molecular complexity index is 326. The Morgan fingerprint density at radius 3 is 2.73 bits per heavy atom. The molecule has 0 atom stereocenters. The second-order valence-corrected chi connectivity index (χ2v) is 2.60. The van der Waals surface area contributed by atoms with Gasteiger partial charge in [0, 0.05) is 0 Å². The third kappa shape index (κ3) is 2.89. The van der Waals surface area contributed by atoms with Crippen LogP contribution in [-0.4, -0.2) is 40.2 Å². The second kappa shape index (κ2) is 4.24. The Hall–Kier alpha value is -1.67. The van der Waals surface area contributed by atoms with Crippen molar-refractivity contribution >= 4 is 5.91 Å². The molecule has 0 aromatic carbocycles. The van der Waals surface area contributed by atoms with E-state index in [1.165, 1.54) is 0 Å². The minimum absolute atomic E-state index is 0.250. The van der Waals surface area contributed by atoms with Crippen LogP contribution in [0.15, 0.2) is 6.20 Å². The summed E-state index contributed by atoms with van der Waals surface area (Å²) in [6.07, 6.45) is -2.84. The van der Waals surface area contributed by atoms with Crippen molar-refractivity contribution in [2.45, 2.75) is 12.3 Å². The van der Waals surface area contributed by atoms with Gasteiger partial charge >= 0.3 is 12.3 Å². The van der Waals surface area contributed by atoms with Gasteiger partial charge in [-0.3, -0.25) is 4.79 Å². The Kier molecular flexibility index (Phi) is 3.22. The van der Waals surface area contributed by atoms with Crippen LogP contribution in [0, 0.1) is 0 Å². The number of rotatable bonds is 4. The van der Waals surface area contributed by atoms with Crippen molar-refractivity contribution in [3.63, 3.8) is 0 Å². The molecule has 0 unspecified atom stereocenters. The number of nitrogens with zero attached hydrogens (tertiary/aromatic N) is 2. The van der Waals surface area contributed by atoms with Crippen molar-refractivity contribution < 1.29 is 22.4 Å². The fraction of sp³-hybridized carbons (Fsp3) is 0.500. The minimum atomic E-state index is -4.25. The van der Waals surface area contributed by atoms with E-state index < -0.39 is 24.8 Å². The number of carbonyl (C=O) groups excluding carboxylic acids is 1. The van der Waals surface area contributed by atoms with Crippen molar-refractivity contribution in [1.29, 1.82) is 0 Å². The average molecular weight is 226 g/mol. The predicted octanol–water partition coefficient (Wildman–Crippen LogP) is 0.435. The van der Waals surface area contributed by atoms with Crippen LogP contribution in [0.25, 0.3) is 0 Å². The van der Waals surface area contributed by atoms with Crippen LogP contribution in [0.1, 0.15) is 10.5 Å². The van der Waals surface area contributed by atoms with E-state index in [4.69, 9.17) is 0 Å². The molecule has 1 rings (SSSR count). The summed E-state index contributed by atoms with van der Waals surface area (Å²) >= 11 is 0. The molecule has 1 aromatic heterocycles. The highest BCUT2D eigenvalue weighted by atomic mass is 19.3. The van der Waals surface area contributed by atoms with Gasteiger partial charge in [0.25, 0.3) is 5.91 Å². The third-order valence-electron chi connectivity index (χ3n) is 1.45. The zero-order chi connectivity index (χ0) is 11.5. The predicted molar refractivity (Wildman–Crippen MR) is 39.7 cm³/mol. The molecule has 0 aliphatic heterocycles. The first-order chi connectivity index (χ1) is 6.93. The lowest BCUT2D eigenvalue weighted by Gasteiger charge is -2.14. The Balaban J connectivity index is 2.48. The van der Waals surface area contributed by atoms with Gasteiger partial charge in [0.05, 0.1) is 12.7 Å². The number of hydrogen-bond donors (Lipinski definition) is 2. The number of carbonyl (C=O) groups is 1. The molecule has 0 aliphatic rings. The Morgan fingerprint density at radius 1 is 1.60 bits per heavy atom. The minimum Gasteiger partial charge on any atom is -0.344 e. The zero-order valence-electron chi connectivity index (χ0n) is 7.18. The number of aromatic amines is 1. The maximum absolute atomic E-state index is 12.3. The van der Waals surface area contributed by atoms with Crippen LogP contribution < -0.4 is 5.32 Å². The molecule has 0 radical (unpaired) electrons. The van der Waals surface area contributed by atoms with E-state index in [1.54, 1.807) is 5.32 Å². The smallest absolute Gasteiger partial charge is 0.324 e. The molecule has 0 bridgehead atoms. The largest absolute Gasteiger partial charge is 0.344 e. The molecular formula is C6H6F4N4O. The lowest BCUT2D eigenvalue weighted by Crippen LogP contribution is -2.41. The van der Waals surface area contributed by atoms with E-state index in [0.717, 1.165) is 6.20 Å². The fourth-order valence-electron chi connectivity index (χ4n) is 0.677. The third-order valence-corrected chi connectivity index (χ3v) is 1.45. The van der Waals surface area contributed by atoms with Crippen molar-refractivity contribution in [3.8, 4) is 0 Å². The van der Waals surface area contributed by atoms with Gasteiger partial charge in [-0.25, -0.2) is 8.78 Å². The van der Waals surface area contributed by atoms with Crippen molar-refractivity contribution in [1.82, 2.24) is 20.7 Å². The summed E-state index contributed by atoms with van der Waals surface area (Å²) < 4.78 is 48.0. The van der Waals surface area contributed by atoms with Crippen molar-refractivity contribution in [2.24, 2.45) is 0 Å². The number of hydrogen-bond acceptors (Lipinski definition) is 3. The molecule has 5 nitrogen and oxygen atoms in total. The SMILES string of the molecule is O=C(NCC(F)(F)C(F)F)c1cn[nH]n1. The summed E-state index contributed by atoms with van der Waals surface area (Å²) in [6.45, 7) is -1.45. The lowest BCUT2D eigenvalue weighted by atomic mass is 10.3. The topological polar surface area (TPSA) is 70.7 Å². The molecule has 2 N–H and O–H groups in total. The standard InChI is InChI=1S/C6H6F4N4O/c7-5(8)6(9,10)2-11-4(15)3-1-12-14-13-3/h1,5H,2H2,(H,11,15)(H,12,13,14). The summed E-state index contributed by atoms with van der Waals surface area (Å²) in [7, 11) is 0. The van der Waals surface area contributed by atoms with Gasteiger partial charge in [-0.1, -0.05) is 0 Å². The molecule has 1 heterocycles. The molecule has 0 fully saturated rings. The highest BCUT2D eigenvalue weighted by Gasteiger charge is 2.40. The number of halogens is 4. The van der Waals surface area contributed by atoms with Crippen LogP contribution in [-0.2, 0) is 0 Å². The summed E-state index contributed by atoms with van der Waals surface area (Å²) in [5.74, 6) is -5.25. The van der Waals surface area contributed by atoms with Crippen LogP contribution in [0.5, 0.6) is 0 Å². The van der Waals surface area contributed by atoms with Gasteiger partial charge < -0.3 is 5.32 Å². The second-order valence-electron chi connectivity index (χ2n) is 2.60. The average Bonchev–Trinajstić information content (AvgIpc) is 2.66. The molecule has 1 aromatic rings. The number of amides is 1. The molecule has 0 aliphatic carbocycles. The van der Waals surface area contributed by atoms with Gasteiger partial charge in [-0.2, -0.15) is 24.2 Å². The van der Waals surface area contributed by atoms with Crippen LogP contribution in [0.3, 0.4) is 0 Å². The quantitative estimate of drug-likeness (QED) is 0.731. The maximum atomic E-state index is 12.3. The van der Waals surface area contributed by atoms with E-state index in [-0.39, 0.29) is 5.69 Å². The first-order valence-corrected chi connectivity index (χ1v) is 3.73. The maximum Gasteiger partial charge on any atom is 0.324 e. The Morgan fingerprint density at radius 2 is 2.27 bits per heavy atom. The normalized spacial score (nSPS) is 11.8. The molecule has 1 amide bonds. The molecule has 84 valence electrons. The first kappa shape index (κ1) is 11.4. The van der Waals surface area contributed by atoms with Gasteiger partial charge in [-0.05, 0) is 0 Å². The molecule has 9 heteroatoms. The molecule has 0 saturated heterocycles. The van der Waals surface area contributed by atoms with Crippen molar-refractivity contribution in [3.05, 3.63) is 11.9 Å². The lowest BCUT2D eigenvalue weighted by molar-refractivity contribution is -0.123. The van der Waals surface area contributed by atoms with Gasteiger partial charge in [-0.15, -0.1) is 0 Å². The van der Waals surface area contributed by atoms with Gasteiger partial charge in [0.1, 0.15) is 0 Å². The summed E-state index contributed by atoms with van der Waals surface area (Å²) in [4.78, 5) is 11.0. The highest BCUT2D eigenvalue weighted by molar-refractivity contribution is 5.91. The molecule has 15 heavy (non-hydrogen) atoms. The number of nitrogens with one attached hydrogen (secondary N) is 2. The summed E-state index contributed by atoms with van der Waals surface area (Å²) in [5, 5.41) is 10.2. The fourth-order valence-corrected chi connectivity index (χ4v) is 0.677. The summed E-state index contributed by atoms with van der Waals surface area (Å²) in [6, 6.07) is 0.